The third kappa shape index (κ3) is 4.70. The molecule has 1 N–H and O–H groups in total. The third-order valence-electron chi connectivity index (χ3n) is 5.18. The van der Waals surface area contributed by atoms with Gasteiger partial charge in [0, 0.05) is 17.8 Å². The molecular formula is C22H28FN3O5S2. The summed E-state index contributed by atoms with van der Waals surface area (Å²) in [6, 6.07) is 4.45. The van der Waals surface area contributed by atoms with Gasteiger partial charge in [0.2, 0.25) is 10.0 Å². The van der Waals surface area contributed by atoms with E-state index < -0.39 is 30.4 Å². The summed E-state index contributed by atoms with van der Waals surface area (Å²) in [5.41, 5.74) is 1.42. The van der Waals surface area contributed by atoms with Gasteiger partial charge in [0.15, 0.2) is 9.84 Å². The lowest BCUT2D eigenvalue weighted by atomic mass is 10.1. The Hall–Kier alpha value is -2.66. The highest BCUT2D eigenvalue weighted by molar-refractivity contribution is 7.93. The number of sulfonamides is 1. The summed E-state index contributed by atoms with van der Waals surface area (Å²) in [5, 5.41) is 0. The molecule has 180 valence electrons. The Morgan fingerprint density at radius 1 is 1.15 bits per heavy atom. The number of aromatic nitrogens is 2. The molecule has 2 aromatic heterocycles. The molecule has 0 bridgehead atoms. The molecule has 0 aliphatic rings. The van der Waals surface area contributed by atoms with Gasteiger partial charge >= 0.3 is 0 Å². The molecule has 3 aromatic rings. The number of benzene rings is 1. The minimum absolute atomic E-state index is 0.00745. The molecule has 2 heterocycles. The number of hydrogen-bond donors (Lipinski definition) is 1. The average molecular weight is 498 g/mol. The van der Waals surface area contributed by atoms with Crippen LogP contribution in [0.2, 0.25) is 0 Å². The maximum absolute atomic E-state index is 14.7. The summed E-state index contributed by atoms with van der Waals surface area (Å²) in [4.78, 5) is 4.32. The molecule has 1 aromatic carbocycles. The van der Waals surface area contributed by atoms with E-state index in [1.54, 1.807) is 38.2 Å². The third-order valence-corrected chi connectivity index (χ3v) is 9.15. The highest BCUT2D eigenvalue weighted by Crippen LogP contribution is 2.35. The zero-order chi connectivity index (χ0) is 24.8. The van der Waals surface area contributed by atoms with Crippen LogP contribution >= 0.6 is 0 Å². The number of hydrogen-bond acceptors (Lipinski definition) is 6. The van der Waals surface area contributed by atoms with Gasteiger partial charge in [-0.1, -0.05) is 6.92 Å². The van der Waals surface area contributed by atoms with Gasteiger partial charge in [-0.05, 0) is 51.8 Å². The molecule has 0 saturated carbocycles. The minimum atomic E-state index is -3.77. The molecule has 0 amide bonds. The Bertz CT molecular complexity index is 1420. The number of nitrogens with zero attached hydrogens (tertiary/aromatic N) is 2. The predicted octanol–water partition coefficient (Wildman–Crippen LogP) is 4.18. The molecule has 8 nitrogen and oxygen atoms in total. The fourth-order valence-electron chi connectivity index (χ4n) is 3.37. The maximum atomic E-state index is 14.7. The largest absolute Gasteiger partial charge is 0.495 e. The first-order valence-corrected chi connectivity index (χ1v) is 13.5. The smallest absolute Gasteiger partial charge is 0.232 e. The second-order valence-corrected chi connectivity index (χ2v) is 13.3. The Morgan fingerprint density at radius 2 is 1.82 bits per heavy atom. The molecule has 3 rings (SSSR count). The van der Waals surface area contributed by atoms with Crippen LogP contribution in [0.3, 0.4) is 0 Å². The van der Waals surface area contributed by atoms with Gasteiger partial charge in [0.1, 0.15) is 22.1 Å². The number of rotatable bonds is 7. The molecule has 0 aliphatic carbocycles. The quantitative estimate of drug-likeness (QED) is 0.525. The van der Waals surface area contributed by atoms with Gasteiger partial charge in [0.05, 0.1) is 35.2 Å². The van der Waals surface area contributed by atoms with Crippen LogP contribution < -0.4 is 9.46 Å². The summed E-state index contributed by atoms with van der Waals surface area (Å²) in [6.45, 7) is 8.03. The molecule has 0 atom stereocenters. The summed E-state index contributed by atoms with van der Waals surface area (Å²) in [6.07, 6.45) is 3.33. The fraction of sp³-hybridized carbons (Fsp3) is 0.409. The van der Waals surface area contributed by atoms with Crippen molar-refractivity contribution in [3.63, 3.8) is 0 Å². The van der Waals surface area contributed by atoms with Crippen LogP contribution in [0, 0.1) is 12.7 Å². The van der Waals surface area contributed by atoms with Crippen LogP contribution in [0.15, 0.2) is 35.5 Å². The zero-order valence-corrected chi connectivity index (χ0v) is 21.1. The van der Waals surface area contributed by atoms with Crippen molar-refractivity contribution in [2.45, 2.75) is 50.7 Å². The maximum Gasteiger partial charge on any atom is 0.232 e. The van der Waals surface area contributed by atoms with Crippen molar-refractivity contribution in [3.05, 3.63) is 42.0 Å². The number of pyridine rings is 1. The molecule has 0 radical (unpaired) electrons. The molecule has 33 heavy (non-hydrogen) atoms. The lowest BCUT2D eigenvalue weighted by Crippen LogP contribution is -2.28. The normalized spacial score (nSPS) is 12.8. The van der Waals surface area contributed by atoms with Crippen molar-refractivity contribution in [3.8, 4) is 17.0 Å². The molecule has 0 fully saturated rings. The van der Waals surface area contributed by atoms with E-state index in [0.717, 1.165) is 0 Å². The average Bonchev–Trinajstić information content (AvgIpc) is 3.12. The number of halogens is 1. The zero-order valence-electron chi connectivity index (χ0n) is 19.4. The minimum Gasteiger partial charge on any atom is -0.495 e. The highest BCUT2D eigenvalue weighted by Gasteiger charge is 2.34. The van der Waals surface area contributed by atoms with E-state index >= 15 is 0 Å². The number of methoxy groups -OCH3 is 1. The number of fused-ring (bicyclic) bond motifs is 1. The standard InChI is InChI=1S/C22H28FN3O5S2/c1-7-8-32(27,28)25-16-10-15(9-14(2)21(16)23)17-12-24-20-11-18(31-6)19(13-26(17)20)33(29,30)22(3,4)5/h9-13,25H,7-8H2,1-6H3. The first kappa shape index (κ1) is 25.0. The second kappa shape index (κ2) is 8.60. The summed E-state index contributed by atoms with van der Waals surface area (Å²) in [7, 11) is -6.09. The Morgan fingerprint density at radius 3 is 2.39 bits per heavy atom. The van der Waals surface area contributed by atoms with Crippen LogP contribution in [0.25, 0.3) is 16.9 Å². The molecule has 0 saturated heterocycles. The van der Waals surface area contributed by atoms with Gasteiger partial charge in [-0.15, -0.1) is 0 Å². The van der Waals surface area contributed by atoms with E-state index in [9.17, 15) is 21.2 Å². The topological polar surface area (TPSA) is 107 Å². The molecule has 11 heteroatoms. The van der Waals surface area contributed by atoms with E-state index in [-0.39, 0.29) is 27.6 Å². The summed E-state index contributed by atoms with van der Waals surface area (Å²) < 4.78 is 73.6. The number of aryl methyl sites for hydroxylation is 1. The molecular weight excluding hydrogens is 469 g/mol. The van der Waals surface area contributed by atoms with Crippen molar-refractivity contribution in [1.82, 2.24) is 9.38 Å². The van der Waals surface area contributed by atoms with Crippen molar-refractivity contribution < 1.29 is 26.0 Å². The number of anilines is 1. The lowest BCUT2D eigenvalue weighted by Gasteiger charge is -2.21. The first-order chi connectivity index (χ1) is 15.2. The Labute approximate surface area is 193 Å². The van der Waals surface area contributed by atoms with E-state index in [4.69, 9.17) is 4.74 Å². The van der Waals surface area contributed by atoms with Crippen molar-refractivity contribution in [1.29, 1.82) is 0 Å². The van der Waals surface area contributed by atoms with Crippen molar-refractivity contribution in [2.75, 3.05) is 17.6 Å². The number of sulfone groups is 1. The number of imidazole rings is 1. The number of nitrogens with one attached hydrogen (secondary N) is 1. The van der Waals surface area contributed by atoms with Crippen molar-refractivity contribution in [2.24, 2.45) is 0 Å². The predicted molar refractivity (Wildman–Crippen MR) is 127 cm³/mol. The van der Waals surface area contributed by atoms with Gasteiger partial charge in [-0.3, -0.25) is 9.12 Å². The van der Waals surface area contributed by atoms with E-state index in [1.807, 2.05) is 0 Å². The van der Waals surface area contributed by atoms with E-state index in [1.165, 1.54) is 38.6 Å². The monoisotopic (exact) mass is 497 g/mol. The van der Waals surface area contributed by atoms with Crippen LogP contribution in [0.1, 0.15) is 39.7 Å². The summed E-state index contributed by atoms with van der Waals surface area (Å²) in [5.74, 6) is -0.651. The number of ether oxygens (including phenoxy) is 1. The fourth-order valence-corrected chi connectivity index (χ4v) is 5.80. The van der Waals surface area contributed by atoms with Crippen LogP contribution in [0.4, 0.5) is 10.1 Å². The van der Waals surface area contributed by atoms with Crippen LogP contribution in [-0.4, -0.2) is 43.8 Å². The molecule has 0 unspecified atom stereocenters. The highest BCUT2D eigenvalue weighted by atomic mass is 32.2. The van der Waals surface area contributed by atoms with E-state index in [0.29, 0.717) is 23.3 Å². The molecule has 0 aliphatic heterocycles. The van der Waals surface area contributed by atoms with Gasteiger partial charge in [-0.2, -0.15) is 0 Å². The SMILES string of the molecule is CCCS(=O)(=O)Nc1cc(-c2cnc3cc(OC)c(S(=O)(=O)C(C)(C)C)cn23)cc(C)c1F. The van der Waals surface area contributed by atoms with Crippen LogP contribution in [-0.2, 0) is 19.9 Å². The van der Waals surface area contributed by atoms with Gasteiger partial charge < -0.3 is 4.74 Å². The van der Waals surface area contributed by atoms with Gasteiger partial charge in [0.25, 0.3) is 0 Å². The Balaban J connectivity index is 2.24. The lowest BCUT2D eigenvalue weighted by molar-refractivity contribution is 0.401. The Kier molecular flexibility index (Phi) is 6.51. The molecule has 0 spiro atoms. The second-order valence-electron chi connectivity index (χ2n) is 8.77. The first-order valence-electron chi connectivity index (χ1n) is 10.3. The van der Waals surface area contributed by atoms with Crippen LogP contribution in [0.5, 0.6) is 5.75 Å². The van der Waals surface area contributed by atoms with E-state index in [2.05, 4.69) is 9.71 Å². The summed E-state index contributed by atoms with van der Waals surface area (Å²) >= 11 is 0. The van der Waals surface area contributed by atoms with Gasteiger partial charge in [-0.25, -0.2) is 26.2 Å². The van der Waals surface area contributed by atoms with Crippen molar-refractivity contribution >= 4 is 31.2 Å².